The van der Waals surface area contributed by atoms with Crippen LogP contribution in [0.25, 0.3) is 0 Å². The Morgan fingerprint density at radius 2 is 2.03 bits per heavy atom. The summed E-state index contributed by atoms with van der Waals surface area (Å²) < 4.78 is 6.06. The highest BCUT2D eigenvalue weighted by Gasteiger charge is 2.32. The van der Waals surface area contributed by atoms with Crippen molar-refractivity contribution in [2.45, 2.75) is 18.9 Å². The monoisotopic (exact) mass is 453 g/mol. The Morgan fingerprint density at radius 1 is 1.17 bits per heavy atom. The molecule has 3 heterocycles. The molecule has 0 spiro atoms. The van der Waals surface area contributed by atoms with Crippen LogP contribution in [0.1, 0.15) is 22.5 Å². The first-order valence-corrected chi connectivity index (χ1v) is 11.1. The third-order valence-electron chi connectivity index (χ3n) is 5.06. The molecule has 0 radical (unpaired) electrons. The highest BCUT2D eigenvalue weighted by molar-refractivity contribution is 7.18. The number of ether oxygens (including phenoxy) is 1. The molecule has 0 bridgehead atoms. The molecule has 2 aliphatic rings. The largest absolute Gasteiger partial charge is 0.380 e. The molecule has 1 unspecified atom stereocenters. The maximum atomic E-state index is 12.5. The van der Waals surface area contributed by atoms with Crippen LogP contribution in [-0.4, -0.2) is 50.7 Å². The molecule has 1 atom stereocenters. The van der Waals surface area contributed by atoms with E-state index >= 15 is 0 Å². The highest BCUT2D eigenvalue weighted by Crippen LogP contribution is 2.33. The number of amides is 2. The Morgan fingerprint density at radius 3 is 2.79 bits per heavy atom. The van der Waals surface area contributed by atoms with Crippen LogP contribution in [-0.2, 0) is 9.53 Å². The molecule has 2 saturated heterocycles. The molecular weight excluding hydrogens is 433 g/mol. The summed E-state index contributed by atoms with van der Waals surface area (Å²) in [5, 5.41) is 3.53. The van der Waals surface area contributed by atoms with Crippen LogP contribution >= 0.6 is 34.5 Å². The van der Waals surface area contributed by atoms with Crippen LogP contribution in [0, 0.1) is 0 Å². The SMILES string of the molecule is O=C(NC1CC(=O)N(c2ccc(N3CCCOCC3)c(Cl)c2)C1)c1ccc(Cl)s1. The number of thiophene rings is 1. The third-order valence-corrected chi connectivity index (χ3v) is 6.60. The smallest absolute Gasteiger partial charge is 0.261 e. The van der Waals surface area contributed by atoms with E-state index in [0.717, 1.165) is 37.5 Å². The second-order valence-corrected chi connectivity index (χ2v) is 9.19. The van der Waals surface area contributed by atoms with E-state index in [1.54, 1.807) is 17.0 Å². The highest BCUT2D eigenvalue weighted by atomic mass is 35.5. The zero-order chi connectivity index (χ0) is 20.4. The van der Waals surface area contributed by atoms with Gasteiger partial charge in [0, 0.05) is 38.3 Å². The predicted octanol–water partition coefficient (Wildman–Crippen LogP) is 3.82. The normalized spacial score (nSPS) is 20.1. The molecule has 2 aromatic rings. The molecule has 1 N–H and O–H groups in total. The van der Waals surface area contributed by atoms with Gasteiger partial charge in [0.2, 0.25) is 5.91 Å². The summed E-state index contributed by atoms with van der Waals surface area (Å²) >= 11 is 13.7. The second kappa shape index (κ2) is 8.92. The average Bonchev–Trinajstić information content (AvgIpc) is 3.17. The standard InChI is InChI=1S/C20H21Cl2N3O3S/c21-15-11-14(2-3-16(15)24-6-1-8-28-9-7-24)25-12-13(10-19(25)26)23-20(27)17-4-5-18(22)29-17/h2-5,11,13H,1,6-10,12H2,(H,23,27). The first kappa shape index (κ1) is 20.5. The van der Waals surface area contributed by atoms with Crippen molar-refractivity contribution in [3.63, 3.8) is 0 Å². The lowest BCUT2D eigenvalue weighted by Crippen LogP contribution is -2.36. The predicted molar refractivity (Wildman–Crippen MR) is 117 cm³/mol. The zero-order valence-corrected chi connectivity index (χ0v) is 18.0. The quantitative estimate of drug-likeness (QED) is 0.763. The van der Waals surface area contributed by atoms with E-state index < -0.39 is 0 Å². The number of hydrogen-bond donors (Lipinski definition) is 1. The maximum Gasteiger partial charge on any atom is 0.261 e. The minimum atomic E-state index is -0.253. The Labute approximate surface area is 183 Å². The number of rotatable bonds is 4. The van der Waals surface area contributed by atoms with E-state index in [4.69, 9.17) is 27.9 Å². The first-order valence-electron chi connectivity index (χ1n) is 9.50. The van der Waals surface area contributed by atoms with E-state index in [2.05, 4.69) is 10.2 Å². The van der Waals surface area contributed by atoms with Crippen LogP contribution in [0.4, 0.5) is 11.4 Å². The molecule has 154 valence electrons. The summed E-state index contributed by atoms with van der Waals surface area (Å²) in [7, 11) is 0. The van der Waals surface area contributed by atoms with Crippen LogP contribution in [0.5, 0.6) is 0 Å². The minimum Gasteiger partial charge on any atom is -0.380 e. The van der Waals surface area contributed by atoms with Gasteiger partial charge in [-0.1, -0.05) is 23.2 Å². The molecular formula is C20H21Cl2N3O3S. The lowest BCUT2D eigenvalue weighted by atomic mass is 10.2. The fraction of sp³-hybridized carbons (Fsp3) is 0.400. The van der Waals surface area contributed by atoms with Gasteiger partial charge in [-0.2, -0.15) is 0 Å². The number of hydrogen-bond acceptors (Lipinski definition) is 5. The fourth-order valence-electron chi connectivity index (χ4n) is 3.65. The molecule has 2 fully saturated rings. The summed E-state index contributed by atoms with van der Waals surface area (Å²) in [5.74, 6) is -0.246. The number of carbonyl (C=O) groups is 2. The number of nitrogens with one attached hydrogen (secondary N) is 1. The van der Waals surface area contributed by atoms with Crippen molar-refractivity contribution < 1.29 is 14.3 Å². The van der Waals surface area contributed by atoms with E-state index in [1.807, 2.05) is 18.2 Å². The van der Waals surface area contributed by atoms with E-state index in [1.165, 1.54) is 11.3 Å². The summed E-state index contributed by atoms with van der Waals surface area (Å²) in [6.07, 6.45) is 1.22. The summed E-state index contributed by atoms with van der Waals surface area (Å²) in [5.41, 5.74) is 1.69. The lowest BCUT2D eigenvalue weighted by Gasteiger charge is -2.25. The van der Waals surface area contributed by atoms with Crippen LogP contribution in [0.3, 0.4) is 0 Å². The van der Waals surface area contributed by atoms with Crippen molar-refractivity contribution in [3.8, 4) is 0 Å². The molecule has 6 nitrogen and oxygen atoms in total. The average molecular weight is 454 g/mol. The van der Waals surface area contributed by atoms with Gasteiger partial charge in [0.25, 0.3) is 5.91 Å². The summed E-state index contributed by atoms with van der Waals surface area (Å²) in [4.78, 5) is 29.3. The molecule has 0 aliphatic carbocycles. The molecule has 0 saturated carbocycles. The Kier molecular flexibility index (Phi) is 6.29. The van der Waals surface area contributed by atoms with Crippen molar-refractivity contribution in [2.24, 2.45) is 0 Å². The summed E-state index contributed by atoms with van der Waals surface area (Å²) in [6, 6.07) is 8.81. The van der Waals surface area contributed by atoms with E-state index in [0.29, 0.717) is 27.4 Å². The number of nitrogens with zero attached hydrogens (tertiary/aromatic N) is 2. The van der Waals surface area contributed by atoms with Gasteiger partial charge in [0.05, 0.1) is 32.6 Å². The minimum absolute atomic E-state index is 0.0356. The van der Waals surface area contributed by atoms with Crippen molar-refractivity contribution in [1.29, 1.82) is 0 Å². The van der Waals surface area contributed by atoms with Gasteiger partial charge in [-0.3, -0.25) is 9.59 Å². The Balaban J connectivity index is 1.43. The lowest BCUT2D eigenvalue weighted by molar-refractivity contribution is -0.117. The number of anilines is 2. The topological polar surface area (TPSA) is 61.9 Å². The van der Waals surface area contributed by atoms with Gasteiger partial charge in [0.1, 0.15) is 0 Å². The van der Waals surface area contributed by atoms with Crippen molar-refractivity contribution >= 4 is 57.7 Å². The first-order chi connectivity index (χ1) is 14.0. The Bertz CT molecular complexity index is 912. The third kappa shape index (κ3) is 4.69. The van der Waals surface area contributed by atoms with Crippen molar-refractivity contribution in [3.05, 3.63) is 44.6 Å². The van der Waals surface area contributed by atoms with Gasteiger partial charge in [-0.15, -0.1) is 11.3 Å². The molecule has 2 amide bonds. The number of benzene rings is 1. The van der Waals surface area contributed by atoms with Crippen LogP contribution in [0.2, 0.25) is 9.36 Å². The molecule has 1 aromatic carbocycles. The van der Waals surface area contributed by atoms with Crippen molar-refractivity contribution in [1.82, 2.24) is 5.32 Å². The second-order valence-electron chi connectivity index (χ2n) is 7.07. The van der Waals surface area contributed by atoms with Crippen LogP contribution < -0.4 is 15.1 Å². The summed E-state index contributed by atoms with van der Waals surface area (Å²) in [6.45, 7) is 3.54. The maximum absolute atomic E-state index is 12.5. The van der Waals surface area contributed by atoms with Gasteiger partial charge in [-0.05, 0) is 36.8 Å². The molecule has 2 aliphatic heterocycles. The van der Waals surface area contributed by atoms with Crippen molar-refractivity contribution in [2.75, 3.05) is 42.6 Å². The van der Waals surface area contributed by atoms with Gasteiger partial charge >= 0.3 is 0 Å². The molecule has 29 heavy (non-hydrogen) atoms. The van der Waals surface area contributed by atoms with E-state index in [9.17, 15) is 9.59 Å². The van der Waals surface area contributed by atoms with Gasteiger partial charge < -0.3 is 19.9 Å². The fourth-order valence-corrected chi connectivity index (χ4v) is 4.89. The van der Waals surface area contributed by atoms with Gasteiger partial charge in [0.15, 0.2) is 0 Å². The zero-order valence-electron chi connectivity index (χ0n) is 15.7. The molecule has 9 heteroatoms. The van der Waals surface area contributed by atoms with Crippen LogP contribution in [0.15, 0.2) is 30.3 Å². The molecule has 1 aromatic heterocycles. The number of carbonyl (C=O) groups excluding carboxylic acids is 2. The van der Waals surface area contributed by atoms with E-state index in [-0.39, 0.29) is 24.3 Å². The molecule has 4 rings (SSSR count). The van der Waals surface area contributed by atoms with Gasteiger partial charge in [-0.25, -0.2) is 0 Å². The number of halogens is 2. The Hall–Kier alpha value is -1.80.